The second kappa shape index (κ2) is 8.19. The molecule has 1 atom stereocenters. The fourth-order valence-corrected chi connectivity index (χ4v) is 3.34. The SMILES string of the molecule is CCCNC(Cc1ccc(Cl)cc1)c1ccc(Cl)cc1Br. The van der Waals surface area contributed by atoms with Crippen molar-refractivity contribution >= 4 is 39.1 Å². The van der Waals surface area contributed by atoms with Gasteiger partial charge in [0.05, 0.1) is 0 Å². The number of nitrogens with one attached hydrogen (secondary N) is 1. The largest absolute Gasteiger partial charge is 0.310 e. The van der Waals surface area contributed by atoms with Crippen LogP contribution in [-0.2, 0) is 6.42 Å². The molecule has 21 heavy (non-hydrogen) atoms. The van der Waals surface area contributed by atoms with Crippen LogP contribution in [0.2, 0.25) is 10.0 Å². The molecule has 0 aromatic heterocycles. The lowest BCUT2D eigenvalue weighted by atomic mass is 9.98. The summed E-state index contributed by atoms with van der Waals surface area (Å²) in [4.78, 5) is 0. The van der Waals surface area contributed by atoms with Gasteiger partial charge in [-0.05, 0) is 54.8 Å². The Bertz CT molecular complexity index is 584. The van der Waals surface area contributed by atoms with Crippen LogP contribution in [0, 0.1) is 0 Å². The molecular formula is C17H18BrCl2N. The average molecular weight is 387 g/mol. The Balaban J connectivity index is 2.22. The number of hydrogen-bond donors (Lipinski definition) is 1. The van der Waals surface area contributed by atoms with Crippen molar-refractivity contribution in [3.05, 3.63) is 68.1 Å². The lowest BCUT2D eigenvalue weighted by molar-refractivity contribution is 0.527. The summed E-state index contributed by atoms with van der Waals surface area (Å²) in [6, 6.07) is 14.2. The molecule has 112 valence electrons. The zero-order valence-electron chi connectivity index (χ0n) is 11.9. The second-order valence-corrected chi connectivity index (χ2v) is 6.73. The van der Waals surface area contributed by atoms with E-state index in [1.54, 1.807) is 0 Å². The molecule has 2 aromatic carbocycles. The predicted octanol–water partition coefficient (Wildman–Crippen LogP) is 6.04. The van der Waals surface area contributed by atoms with Crippen LogP contribution >= 0.6 is 39.1 Å². The molecule has 2 aromatic rings. The molecule has 0 amide bonds. The molecule has 1 N–H and O–H groups in total. The summed E-state index contributed by atoms with van der Waals surface area (Å²) in [5.41, 5.74) is 2.48. The molecule has 2 rings (SSSR count). The first-order valence-corrected chi connectivity index (χ1v) is 8.58. The highest BCUT2D eigenvalue weighted by atomic mass is 79.9. The number of rotatable bonds is 6. The predicted molar refractivity (Wildman–Crippen MR) is 95.3 cm³/mol. The van der Waals surface area contributed by atoms with Gasteiger partial charge >= 0.3 is 0 Å². The first kappa shape index (κ1) is 16.8. The van der Waals surface area contributed by atoms with Crippen molar-refractivity contribution in [2.24, 2.45) is 0 Å². The molecule has 4 heteroatoms. The Labute approximate surface area is 144 Å². The van der Waals surface area contributed by atoms with Gasteiger partial charge in [-0.1, -0.05) is 64.3 Å². The smallest absolute Gasteiger partial charge is 0.0417 e. The molecule has 0 saturated heterocycles. The van der Waals surface area contributed by atoms with E-state index >= 15 is 0 Å². The summed E-state index contributed by atoms with van der Waals surface area (Å²) in [5, 5.41) is 5.11. The van der Waals surface area contributed by atoms with Crippen molar-refractivity contribution in [3.63, 3.8) is 0 Å². The van der Waals surface area contributed by atoms with Crippen molar-refractivity contribution in [2.75, 3.05) is 6.54 Å². The maximum absolute atomic E-state index is 6.04. The molecule has 0 radical (unpaired) electrons. The van der Waals surface area contributed by atoms with Crippen molar-refractivity contribution in [1.29, 1.82) is 0 Å². The fraction of sp³-hybridized carbons (Fsp3) is 0.294. The average Bonchev–Trinajstić information content (AvgIpc) is 2.46. The van der Waals surface area contributed by atoms with Crippen LogP contribution in [-0.4, -0.2) is 6.54 Å². The minimum atomic E-state index is 0.248. The normalized spacial score (nSPS) is 12.4. The van der Waals surface area contributed by atoms with Crippen molar-refractivity contribution < 1.29 is 0 Å². The summed E-state index contributed by atoms with van der Waals surface area (Å²) in [7, 11) is 0. The van der Waals surface area contributed by atoms with Gasteiger partial charge in [-0.2, -0.15) is 0 Å². The van der Waals surface area contributed by atoms with Gasteiger partial charge in [-0.15, -0.1) is 0 Å². The molecular weight excluding hydrogens is 369 g/mol. The standard InChI is InChI=1S/C17H18BrCl2N/c1-2-9-21-17(10-12-3-5-13(19)6-4-12)15-8-7-14(20)11-16(15)18/h3-8,11,17,21H,2,9-10H2,1H3. The van der Waals surface area contributed by atoms with Gasteiger partial charge in [-0.3, -0.25) is 0 Å². The van der Waals surface area contributed by atoms with Gasteiger partial charge in [0.15, 0.2) is 0 Å². The van der Waals surface area contributed by atoms with E-state index in [4.69, 9.17) is 23.2 Å². The second-order valence-electron chi connectivity index (χ2n) is 5.00. The molecule has 0 spiro atoms. The lowest BCUT2D eigenvalue weighted by Gasteiger charge is -2.21. The van der Waals surface area contributed by atoms with Crippen LogP contribution < -0.4 is 5.32 Å². The first-order chi connectivity index (χ1) is 10.1. The number of benzene rings is 2. The quantitative estimate of drug-likeness (QED) is 0.638. The number of halogens is 3. The van der Waals surface area contributed by atoms with E-state index in [1.165, 1.54) is 11.1 Å². The molecule has 0 heterocycles. The highest BCUT2D eigenvalue weighted by Crippen LogP contribution is 2.29. The van der Waals surface area contributed by atoms with Crippen LogP contribution in [0.1, 0.15) is 30.5 Å². The third-order valence-electron chi connectivity index (χ3n) is 3.33. The topological polar surface area (TPSA) is 12.0 Å². The maximum Gasteiger partial charge on any atom is 0.0417 e. The molecule has 0 bridgehead atoms. The summed E-state index contributed by atoms with van der Waals surface area (Å²) in [6.07, 6.45) is 2.01. The van der Waals surface area contributed by atoms with Gasteiger partial charge in [0.2, 0.25) is 0 Å². The molecule has 0 saturated carbocycles. The van der Waals surface area contributed by atoms with Gasteiger partial charge in [0.1, 0.15) is 0 Å². The highest BCUT2D eigenvalue weighted by molar-refractivity contribution is 9.10. The summed E-state index contributed by atoms with van der Waals surface area (Å²) in [5.74, 6) is 0. The van der Waals surface area contributed by atoms with Crippen LogP contribution in [0.4, 0.5) is 0 Å². The fourth-order valence-electron chi connectivity index (χ4n) is 2.25. The van der Waals surface area contributed by atoms with E-state index < -0.39 is 0 Å². The minimum absolute atomic E-state index is 0.248. The molecule has 0 aliphatic rings. The Kier molecular flexibility index (Phi) is 6.56. The Hall–Kier alpha value is -0.540. The van der Waals surface area contributed by atoms with E-state index in [0.29, 0.717) is 0 Å². The zero-order valence-corrected chi connectivity index (χ0v) is 15.0. The van der Waals surface area contributed by atoms with E-state index in [9.17, 15) is 0 Å². The van der Waals surface area contributed by atoms with E-state index in [1.807, 2.05) is 24.3 Å². The van der Waals surface area contributed by atoms with Crippen LogP contribution in [0.5, 0.6) is 0 Å². The highest BCUT2D eigenvalue weighted by Gasteiger charge is 2.15. The molecule has 1 unspecified atom stereocenters. The monoisotopic (exact) mass is 385 g/mol. The summed E-state index contributed by atoms with van der Waals surface area (Å²) >= 11 is 15.6. The van der Waals surface area contributed by atoms with Crippen LogP contribution in [0.3, 0.4) is 0 Å². The van der Waals surface area contributed by atoms with E-state index in [0.717, 1.165) is 33.9 Å². The molecule has 0 aliphatic carbocycles. The van der Waals surface area contributed by atoms with E-state index in [2.05, 4.69) is 46.4 Å². The summed E-state index contributed by atoms with van der Waals surface area (Å²) in [6.45, 7) is 3.15. The van der Waals surface area contributed by atoms with Gasteiger partial charge in [0.25, 0.3) is 0 Å². The zero-order chi connectivity index (χ0) is 15.2. The van der Waals surface area contributed by atoms with Crippen molar-refractivity contribution in [2.45, 2.75) is 25.8 Å². The lowest BCUT2D eigenvalue weighted by Crippen LogP contribution is -2.24. The van der Waals surface area contributed by atoms with Crippen LogP contribution in [0.25, 0.3) is 0 Å². The Morgan fingerprint density at radius 3 is 2.33 bits per heavy atom. The minimum Gasteiger partial charge on any atom is -0.310 e. The third kappa shape index (κ3) is 5.00. The van der Waals surface area contributed by atoms with Crippen molar-refractivity contribution in [1.82, 2.24) is 5.32 Å². The van der Waals surface area contributed by atoms with Gasteiger partial charge in [0, 0.05) is 20.6 Å². The maximum atomic E-state index is 6.04. The Morgan fingerprint density at radius 1 is 1.05 bits per heavy atom. The summed E-state index contributed by atoms with van der Waals surface area (Å²) < 4.78 is 1.04. The first-order valence-electron chi connectivity index (χ1n) is 7.03. The van der Waals surface area contributed by atoms with E-state index in [-0.39, 0.29) is 6.04 Å². The van der Waals surface area contributed by atoms with Crippen molar-refractivity contribution in [3.8, 4) is 0 Å². The number of hydrogen-bond acceptors (Lipinski definition) is 1. The Morgan fingerprint density at radius 2 is 1.71 bits per heavy atom. The van der Waals surface area contributed by atoms with Gasteiger partial charge in [-0.25, -0.2) is 0 Å². The molecule has 1 nitrogen and oxygen atoms in total. The third-order valence-corrected chi connectivity index (χ3v) is 4.51. The van der Waals surface area contributed by atoms with Gasteiger partial charge < -0.3 is 5.32 Å². The molecule has 0 fully saturated rings. The molecule has 0 aliphatic heterocycles. The van der Waals surface area contributed by atoms with Crippen LogP contribution in [0.15, 0.2) is 46.9 Å².